The van der Waals surface area contributed by atoms with Crippen LogP contribution in [0.5, 0.6) is 28.7 Å². The Morgan fingerprint density at radius 3 is 2.58 bits per heavy atom. The van der Waals surface area contributed by atoms with Crippen molar-refractivity contribution in [2.45, 2.75) is 38.4 Å². The number of ether oxygens (including phenoxy) is 2. The summed E-state index contributed by atoms with van der Waals surface area (Å²) in [6.45, 7) is 1.86. The standard InChI is InChI=1S/C19H20O7/c1-2-3-18(24)25-17-9-12-14(22)7-11(20)8-16(12)26-19(17)10-4-5-13(21)15(23)6-10/h4-8,17,19-23H,2-3,9H2,1H3. The lowest BCUT2D eigenvalue weighted by molar-refractivity contribution is -0.155. The molecule has 0 bridgehead atoms. The van der Waals surface area contributed by atoms with Crippen LogP contribution < -0.4 is 4.74 Å². The molecular weight excluding hydrogens is 340 g/mol. The third-order valence-electron chi connectivity index (χ3n) is 4.23. The summed E-state index contributed by atoms with van der Waals surface area (Å²) in [7, 11) is 0. The molecule has 0 saturated heterocycles. The fourth-order valence-electron chi connectivity index (χ4n) is 2.98. The first kappa shape index (κ1) is 17.7. The summed E-state index contributed by atoms with van der Waals surface area (Å²) in [5.41, 5.74) is 0.916. The highest BCUT2D eigenvalue weighted by molar-refractivity contribution is 5.69. The number of aromatic hydroxyl groups is 4. The van der Waals surface area contributed by atoms with Crippen molar-refractivity contribution in [3.8, 4) is 28.7 Å². The van der Waals surface area contributed by atoms with Crippen molar-refractivity contribution in [3.05, 3.63) is 41.5 Å². The maximum absolute atomic E-state index is 12.0. The Kier molecular flexibility index (Phi) is 4.79. The molecule has 0 fully saturated rings. The van der Waals surface area contributed by atoms with Gasteiger partial charge in [-0.15, -0.1) is 0 Å². The van der Waals surface area contributed by atoms with E-state index >= 15 is 0 Å². The zero-order chi connectivity index (χ0) is 18.8. The molecule has 138 valence electrons. The minimum absolute atomic E-state index is 0.149. The second-order valence-electron chi connectivity index (χ2n) is 6.21. The van der Waals surface area contributed by atoms with Crippen LogP contribution in [0.1, 0.15) is 37.0 Å². The molecule has 7 nitrogen and oxygen atoms in total. The van der Waals surface area contributed by atoms with Gasteiger partial charge in [-0.3, -0.25) is 4.79 Å². The molecule has 1 heterocycles. The molecular formula is C19H20O7. The topological polar surface area (TPSA) is 116 Å². The molecule has 1 aliphatic heterocycles. The fourth-order valence-corrected chi connectivity index (χ4v) is 2.98. The van der Waals surface area contributed by atoms with E-state index in [1.807, 2.05) is 6.92 Å². The molecule has 0 saturated carbocycles. The van der Waals surface area contributed by atoms with E-state index in [4.69, 9.17) is 9.47 Å². The van der Waals surface area contributed by atoms with Gasteiger partial charge in [0.05, 0.1) is 0 Å². The van der Waals surface area contributed by atoms with Crippen LogP contribution in [-0.2, 0) is 16.0 Å². The van der Waals surface area contributed by atoms with Gasteiger partial charge in [0.1, 0.15) is 23.4 Å². The number of phenols is 4. The van der Waals surface area contributed by atoms with Crippen molar-refractivity contribution in [1.82, 2.24) is 0 Å². The van der Waals surface area contributed by atoms with Gasteiger partial charge in [-0.1, -0.05) is 13.0 Å². The molecule has 2 aromatic rings. The summed E-state index contributed by atoms with van der Waals surface area (Å²) >= 11 is 0. The summed E-state index contributed by atoms with van der Waals surface area (Å²) in [5.74, 6) is -1.04. The molecule has 26 heavy (non-hydrogen) atoms. The Hall–Kier alpha value is -3.09. The summed E-state index contributed by atoms with van der Waals surface area (Å²) < 4.78 is 11.4. The minimum atomic E-state index is -0.768. The lowest BCUT2D eigenvalue weighted by Gasteiger charge is -2.34. The second-order valence-corrected chi connectivity index (χ2v) is 6.21. The number of rotatable bonds is 4. The van der Waals surface area contributed by atoms with Crippen LogP contribution in [0.4, 0.5) is 0 Å². The number of carbonyl (C=O) groups is 1. The first-order valence-corrected chi connectivity index (χ1v) is 8.32. The van der Waals surface area contributed by atoms with Crippen molar-refractivity contribution in [2.75, 3.05) is 0 Å². The highest BCUT2D eigenvalue weighted by Crippen LogP contribution is 2.43. The van der Waals surface area contributed by atoms with Crippen molar-refractivity contribution < 1.29 is 34.7 Å². The van der Waals surface area contributed by atoms with E-state index in [2.05, 4.69) is 0 Å². The van der Waals surface area contributed by atoms with Crippen molar-refractivity contribution in [2.24, 2.45) is 0 Å². The van der Waals surface area contributed by atoms with Crippen LogP contribution in [0.15, 0.2) is 30.3 Å². The molecule has 7 heteroatoms. The smallest absolute Gasteiger partial charge is 0.306 e. The quantitative estimate of drug-likeness (QED) is 0.489. The normalized spacial score (nSPS) is 18.7. The van der Waals surface area contributed by atoms with Crippen LogP contribution in [0.2, 0.25) is 0 Å². The second kappa shape index (κ2) is 7.03. The van der Waals surface area contributed by atoms with Crippen LogP contribution in [0.25, 0.3) is 0 Å². The maximum Gasteiger partial charge on any atom is 0.306 e. The SMILES string of the molecule is CCCC(=O)OC1Cc2c(O)cc(O)cc2OC1c1ccc(O)c(O)c1. The van der Waals surface area contributed by atoms with Gasteiger partial charge >= 0.3 is 5.97 Å². The number of fused-ring (bicyclic) bond motifs is 1. The summed E-state index contributed by atoms with van der Waals surface area (Å²) in [6.07, 6.45) is -0.439. The van der Waals surface area contributed by atoms with E-state index in [1.54, 1.807) is 6.07 Å². The highest BCUT2D eigenvalue weighted by Gasteiger charge is 2.36. The zero-order valence-corrected chi connectivity index (χ0v) is 14.2. The van der Waals surface area contributed by atoms with Gasteiger partial charge in [0.2, 0.25) is 0 Å². The first-order chi connectivity index (χ1) is 12.4. The van der Waals surface area contributed by atoms with Gasteiger partial charge in [0.25, 0.3) is 0 Å². The van der Waals surface area contributed by atoms with Crippen molar-refractivity contribution in [1.29, 1.82) is 0 Å². The average molecular weight is 360 g/mol. The van der Waals surface area contributed by atoms with Crippen molar-refractivity contribution in [3.63, 3.8) is 0 Å². The molecule has 0 aromatic heterocycles. The number of hydrogen-bond acceptors (Lipinski definition) is 7. The average Bonchev–Trinajstić information content (AvgIpc) is 2.57. The van der Waals surface area contributed by atoms with E-state index in [0.29, 0.717) is 17.5 Å². The van der Waals surface area contributed by atoms with Crippen molar-refractivity contribution >= 4 is 5.97 Å². The number of benzene rings is 2. The van der Waals surface area contributed by atoms with Gasteiger partial charge in [0.15, 0.2) is 17.6 Å². The maximum atomic E-state index is 12.0. The Balaban J connectivity index is 1.99. The van der Waals surface area contributed by atoms with E-state index in [9.17, 15) is 25.2 Å². The van der Waals surface area contributed by atoms with Gasteiger partial charge < -0.3 is 29.9 Å². The Morgan fingerprint density at radius 2 is 1.88 bits per heavy atom. The number of esters is 1. The Labute approximate surface area is 150 Å². The van der Waals surface area contributed by atoms with E-state index in [0.717, 1.165) is 0 Å². The number of hydrogen-bond donors (Lipinski definition) is 4. The van der Waals surface area contributed by atoms with Crippen LogP contribution in [-0.4, -0.2) is 32.5 Å². The molecule has 3 rings (SSSR count). The minimum Gasteiger partial charge on any atom is -0.508 e. The Morgan fingerprint density at radius 1 is 1.12 bits per heavy atom. The monoisotopic (exact) mass is 360 g/mol. The molecule has 4 N–H and O–H groups in total. The molecule has 0 radical (unpaired) electrons. The molecule has 2 unspecified atom stereocenters. The predicted octanol–water partition coefficient (Wildman–Crippen LogP) is 2.90. The highest BCUT2D eigenvalue weighted by atomic mass is 16.6. The lowest BCUT2D eigenvalue weighted by Crippen LogP contribution is -2.34. The van der Waals surface area contributed by atoms with Gasteiger partial charge in [-0.05, 0) is 18.6 Å². The molecule has 0 aliphatic carbocycles. The third-order valence-corrected chi connectivity index (χ3v) is 4.23. The largest absolute Gasteiger partial charge is 0.508 e. The fraction of sp³-hybridized carbons (Fsp3) is 0.316. The molecule has 0 spiro atoms. The predicted molar refractivity (Wildman–Crippen MR) is 91.4 cm³/mol. The lowest BCUT2D eigenvalue weighted by atomic mass is 9.93. The third kappa shape index (κ3) is 3.46. The molecule has 0 amide bonds. The van der Waals surface area contributed by atoms with Gasteiger partial charge in [0, 0.05) is 36.1 Å². The molecule has 2 aromatic carbocycles. The van der Waals surface area contributed by atoms with Gasteiger partial charge in [-0.2, -0.15) is 0 Å². The summed E-state index contributed by atoms with van der Waals surface area (Å²) in [5, 5.41) is 39.1. The van der Waals surface area contributed by atoms with E-state index in [1.165, 1.54) is 24.3 Å². The molecule has 1 aliphatic rings. The van der Waals surface area contributed by atoms with Crippen LogP contribution >= 0.6 is 0 Å². The van der Waals surface area contributed by atoms with E-state index in [-0.39, 0.29) is 41.6 Å². The first-order valence-electron chi connectivity index (χ1n) is 8.32. The van der Waals surface area contributed by atoms with Crippen LogP contribution in [0.3, 0.4) is 0 Å². The summed E-state index contributed by atoms with van der Waals surface area (Å²) in [4.78, 5) is 12.0. The van der Waals surface area contributed by atoms with Crippen LogP contribution in [0, 0.1) is 0 Å². The number of phenolic OH excluding ortho intramolecular Hbond substituents is 4. The van der Waals surface area contributed by atoms with E-state index < -0.39 is 18.2 Å². The molecule has 2 atom stereocenters. The Bertz CT molecular complexity index is 831. The number of carbonyl (C=O) groups excluding carboxylic acids is 1. The summed E-state index contributed by atoms with van der Waals surface area (Å²) in [6, 6.07) is 6.75. The van der Waals surface area contributed by atoms with Gasteiger partial charge in [-0.25, -0.2) is 0 Å². The zero-order valence-electron chi connectivity index (χ0n) is 14.2.